The van der Waals surface area contributed by atoms with Gasteiger partial charge in [0, 0.05) is 18.7 Å². The number of para-hydroxylation sites is 1. The topological polar surface area (TPSA) is 67.8 Å². The summed E-state index contributed by atoms with van der Waals surface area (Å²) in [5.41, 5.74) is 3.22. The van der Waals surface area contributed by atoms with Crippen molar-refractivity contribution in [3.05, 3.63) is 83.9 Å². The molecule has 5 heteroatoms. The Kier molecular flexibility index (Phi) is 8.99. The van der Waals surface area contributed by atoms with Gasteiger partial charge in [-0.3, -0.25) is 4.79 Å². The van der Waals surface area contributed by atoms with E-state index < -0.39 is 5.97 Å². The molecule has 3 rings (SSSR count). The monoisotopic (exact) mass is 433 g/mol. The quantitative estimate of drug-likeness (QED) is 0.308. The van der Waals surface area contributed by atoms with Crippen LogP contribution in [0.4, 0.5) is 5.69 Å². The molecule has 0 unspecified atom stereocenters. The number of benzene rings is 3. The van der Waals surface area contributed by atoms with Crippen molar-refractivity contribution in [3.63, 3.8) is 0 Å². The van der Waals surface area contributed by atoms with Gasteiger partial charge >= 0.3 is 5.97 Å². The number of aryl methyl sites for hydroxylation is 2. The Bertz CT molecular complexity index is 971. The van der Waals surface area contributed by atoms with E-state index in [1.54, 1.807) is 0 Å². The molecule has 0 aromatic heterocycles. The molecule has 0 aliphatic carbocycles. The Morgan fingerprint density at radius 1 is 0.938 bits per heavy atom. The molecule has 0 heterocycles. The second-order valence-corrected chi connectivity index (χ2v) is 7.65. The lowest BCUT2D eigenvalue weighted by Gasteiger charge is -2.14. The van der Waals surface area contributed by atoms with Gasteiger partial charge in [0.15, 0.2) is 0 Å². The molecule has 0 spiro atoms. The third-order valence-corrected chi connectivity index (χ3v) is 5.02. The SMILES string of the molecule is CCCc1cc(Oc2ccccc2)ccc1OCCCNc1ccc(CCC(=O)O)cc1. The van der Waals surface area contributed by atoms with Gasteiger partial charge in [-0.2, -0.15) is 0 Å². The molecular formula is C27H31NO4. The highest BCUT2D eigenvalue weighted by atomic mass is 16.5. The van der Waals surface area contributed by atoms with Crippen molar-refractivity contribution in [2.24, 2.45) is 0 Å². The van der Waals surface area contributed by atoms with Crippen LogP contribution < -0.4 is 14.8 Å². The van der Waals surface area contributed by atoms with E-state index in [1.807, 2.05) is 66.7 Å². The van der Waals surface area contributed by atoms with Gasteiger partial charge in [-0.25, -0.2) is 0 Å². The molecule has 2 N–H and O–H groups in total. The summed E-state index contributed by atoms with van der Waals surface area (Å²) in [5.74, 6) is 1.78. The first kappa shape index (κ1) is 23.2. The predicted octanol–water partition coefficient (Wildman–Crippen LogP) is 6.33. The smallest absolute Gasteiger partial charge is 0.303 e. The number of aliphatic carboxylic acids is 1. The fraction of sp³-hybridized carbons (Fsp3) is 0.296. The molecule has 3 aromatic carbocycles. The third kappa shape index (κ3) is 7.65. The molecule has 5 nitrogen and oxygen atoms in total. The first-order chi connectivity index (χ1) is 15.6. The average Bonchev–Trinajstić information content (AvgIpc) is 2.80. The van der Waals surface area contributed by atoms with Crippen LogP contribution in [0.5, 0.6) is 17.2 Å². The fourth-order valence-electron chi connectivity index (χ4n) is 3.38. The molecule has 0 aliphatic heterocycles. The van der Waals surface area contributed by atoms with E-state index >= 15 is 0 Å². The van der Waals surface area contributed by atoms with Crippen molar-refractivity contribution in [3.8, 4) is 17.2 Å². The molecule has 0 amide bonds. The molecule has 0 atom stereocenters. The van der Waals surface area contributed by atoms with Crippen molar-refractivity contribution in [2.45, 2.75) is 39.0 Å². The standard InChI is InChI=1S/C27H31NO4/c1-2-7-22-20-25(32-24-8-4-3-5-9-24)15-16-26(22)31-19-6-18-28-23-13-10-21(11-14-23)12-17-27(29)30/h3-5,8-11,13-16,20,28H,2,6-7,12,17-19H2,1H3,(H,29,30). The van der Waals surface area contributed by atoms with Crippen LogP contribution in [-0.4, -0.2) is 24.2 Å². The van der Waals surface area contributed by atoms with Crippen LogP contribution in [-0.2, 0) is 17.6 Å². The zero-order valence-corrected chi connectivity index (χ0v) is 18.5. The number of rotatable bonds is 13. The minimum atomic E-state index is -0.771. The van der Waals surface area contributed by atoms with Gasteiger partial charge in [0.25, 0.3) is 0 Å². The summed E-state index contributed by atoms with van der Waals surface area (Å²) in [6, 6.07) is 23.7. The molecule has 0 radical (unpaired) electrons. The lowest BCUT2D eigenvalue weighted by molar-refractivity contribution is -0.136. The molecule has 168 valence electrons. The number of carboxylic acids is 1. The number of hydrogen-bond donors (Lipinski definition) is 2. The van der Waals surface area contributed by atoms with Gasteiger partial charge in [0.05, 0.1) is 6.61 Å². The number of carboxylic acid groups (broad SMARTS) is 1. The molecular weight excluding hydrogens is 402 g/mol. The summed E-state index contributed by atoms with van der Waals surface area (Å²) >= 11 is 0. The molecule has 3 aromatic rings. The van der Waals surface area contributed by atoms with Crippen LogP contribution in [0.1, 0.15) is 37.3 Å². The van der Waals surface area contributed by atoms with Crippen LogP contribution in [0.25, 0.3) is 0 Å². The second kappa shape index (κ2) is 12.4. The zero-order chi connectivity index (χ0) is 22.6. The first-order valence-corrected chi connectivity index (χ1v) is 11.2. The predicted molar refractivity (Wildman–Crippen MR) is 128 cm³/mol. The van der Waals surface area contributed by atoms with Crippen LogP contribution in [0.3, 0.4) is 0 Å². The van der Waals surface area contributed by atoms with E-state index in [2.05, 4.69) is 18.3 Å². The third-order valence-electron chi connectivity index (χ3n) is 5.02. The van der Waals surface area contributed by atoms with Gasteiger partial charge in [0.1, 0.15) is 17.2 Å². The summed E-state index contributed by atoms with van der Waals surface area (Å²) in [4.78, 5) is 10.7. The number of carbonyl (C=O) groups is 1. The van der Waals surface area contributed by atoms with Gasteiger partial charge in [-0.1, -0.05) is 43.7 Å². The number of nitrogens with one attached hydrogen (secondary N) is 1. The van der Waals surface area contributed by atoms with E-state index in [4.69, 9.17) is 14.6 Å². The highest BCUT2D eigenvalue weighted by Gasteiger charge is 2.07. The minimum Gasteiger partial charge on any atom is -0.493 e. The Morgan fingerprint density at radius 2 is 1.72 bits per heavy atom. The zero-order valence-electron chi connectivity index (χ0n) is 18.5. The molecule has 0 aliphatic rings. The lowest BCUT2D eigenvalue weighted by Crippen LogP contribution is -2.08. The van der Waals surface area contributed by atoms with E-state index in [0.29, 0.717) is 13.0 Å². The summed E-state index contributed by atoms with van der Waals surface area (Å²) in [6.07, 6.45) is 3.56. The van der Waals surface area contributed by atoms with Crippen molar-refractivity contribution < 1.29 is 19.4 Å². The summed E-state index contributed by atoms with van der Waals surface area (Å²) in [7, 11) is 0. The van der Waals surface area contributed by atoms with Gasteiger partial charge in [-0.15, -0.1) is 0 Å². The maximum Gasteiger partial charge on any atom is 0.303 e. The normalized spacial score (nSPS) is 10.5. The molecule has 0 bridgehead atoms. The largest absolute Gasteiger partial charge is 0.493 e. The number of hydrogen-bond acceptors (Lipinski definition) is 4. The van der Waals surface area contributed by atoms with Crippen molar-refractivity contribution in [1.29, 1.82) is 0 Å². The highest BCUT2D eigenvalue weighted by Crippen LogP contribution is 2.29. The Hall–Kier alpha value is -3.47. The van der Waals surface area contributed by atoms with Gasteiger partial charge in [-0.05, 0) is 72.9 Å². The first-order valence-electron chi connectivity index (χ1n) is 11.2. The van der Waals surface area contributed by atoms with E-state index in [1.165, 1.54) is 0 Å². The Labute approximate surface area is 190 Å². The number of anilines is 1. The molecule has 32 heavy (non-hydrogen) atoms. The van der Waals surface area contributed by atoms with E-state index in [0.717, 1.165) is 59.9 Å². The minimum absolute atomic E-state index is 0.156. The molecule has 0 saturated carbocycles. The molecule has 0 fully saturated rings. The summed E-state index contributed by atoms with van der Waals surface area (Å²) < 4.78 is 12.0. The van der Waals surface area contributed by atoms with Crippen molar-refractivity contribution >= 4 is 11.7 Å². The average molecular weight is 434 g/mol. The summed E-state index contributed by atoms with van der Waals surface area (Å²) in [6.45, 7) is 3.58. The fourth-order valence-corrected chi connectivity index (χ4v) is 3.38. The summed E-state index contributed by atoms with van der Waals surface area (Å²) in [5, 5.41) is 12.2. The van der Waals surface area contributed by atoms with Crippen molar-refractivity contribution in [1.82, 2.24) is 0 Å². The van der Waals surface area contributed by atoms with Crippen LogP contribution in [0.2, 0.25) is 0 Å². The maximum absolute atomic E-state index is 10.7. The number of ether oxygens (including phenoxy) is 2. The molecule has 0 saturated heterocycles. The van der Waals surface area contributed by atoms with Crippen molar-refractivity contribution in [2.75, 3.05) is 18.5 Å². The van der Waals surface area contributed by atoms with Crippen LogP contribution in [0, 0.1) is 0 Å². The van der Waals surface area contributed by atoms with Crippen LogP contribution >= 0.6 is 0 Å². The second-order valence-electron chi connectivity index (χ2n) is 7.65. The van der Waals surface area contributed by atoms with Gasteiger partial charge < -0.3 is 19.9 Å². The lowest BCUT2D eigenvalue weighted by atomic mass is 10.1. The maximum atomic E-state index is 10.7. The van der Waals surface area contributed by atoms with Crippen LogP contribution in [0.15, 0.2) is 72.8 Å². The Balaban J connectivity index is 1.45. The Morgan fingerprint density at radius 3 is 2.44 bits per heavy atom. The van der Waals surface area contributed by atoms with Gasteiger partial charge in [0.2, 0.25) is 0 Å². The van der Waals surface area contributed by atoms with E-state index in [9.17, 15) is 4.79 Å². The van der Waals surface area contributed by atoms with E-state index in [-0.39, 0.29) is 6.42 Å². The highest BCUT2D eigenvalue weighted by molar-refractivity contribution is 5.67.